The van der Waals surface area contributed by atoms with Crippen molar-refractivity contribution in [1.29, 1.82) is 0 Å². The number of benzene rings is 2. The molecule has 116 valence electrons. The molecule has 2 aromatic carbocycles. The molecule has 0 saturated heterocycles. The molecule has 0 aromatic heterocycles. The molecule has 3 nitrogen and oxygen atoms in total. The van der Waals surface area contributed by atoms with Gasteiger partial charge in [0.1, 0.15) is 11.6 Å². The summed E-state index contributed by atoms with van der Waals surface area (Å²) in [5.41, 5.74) is 3.00. The van der Waals surface area contributed by atoms with Crippen LogP contribution in [0.4, 0.5) is 4.39 Å². The van der Waals surface area contributed by atoms with Crippen molar-refractivity contribution in [3.05, 3.63) is 65.0 Å². The molecule has 0 aliphatic carbocycles. The predicted molar refractivity (Wildman–Crippen MR) is 84.4 cm³/mol. The SMILES string of the molecule is Cc1ccc(OCC(=O)NC(C)c2ccc(F)cc2)c(C)c1. The van der Waals surface area contributed by atoms with Gasteiger partial charge in [-0.15, -0.1) is 0 Å². The van der Waals surface area contributed by atoms with E-state index in [-0.39, 0.29) is 24.4 Å². The Morgan fingerprint density at radius 3 is 2.50 bits per heavy atom. The Morgan fingerprint density at radius 1 is 1.18 bits per heavy atom. The second-order valence-electron chi connectivity index (χ2n) is 5.40. The number of nitrogens with one attached hydrogen (secondary N) is 1. The van der Waals surface area contributed by atoms with Crippen molar-refractivity contribution in [1.82, 2.24) is 5.32 Å². The summed E-state index contributed by atoms with van der Waals surface area (Å²) in [6, 6.07) is 11.7. The average Bonchev–Trinajstić information content (AvgIpc) is 2.47. The number of aryl methyl sites for hydroxylation is 2. The number of hydrogen-bond acceptors (Lipinski definition) is 2. The summed E-state index contributed by atoms with van der Waals surface area (Å²) < 4.78 is 18.4. The Bertz CT molecular complexity index is 653. The minimum Gasteiger partial charge on any atom is -0.484 e. The first-order valence-corrected chi connectivity index (χ1v) is 7.20. The van der Waals surface area contributed by atoms with Crippen LogP contribution >= 0.6 is 0 Å². The number of halogens is 1. The lowest BCUT2D eigenvalue weighted by Gasteiger charge is -2.15. The van der Waals surface area contributed by atoms with Gasteiger partial charge in [-0.2, -0.15) is 0 Å². The first-order valence-electron chi connectivity index (χ1n) is 7.20. The fourth-order valence-electron chi connectivity index (χ4n) is 2.22. The molecule has 1 unspecified atom stereocenters. The summed E-state index contributed by atoms with van der Waals surface area (Å²) in [4.78, 5) is 11.9. The third-order valence-electron chi connectivity index (χ3n) is 3.44. The van der Waals surface area contributed by atoms with Gasteiger partial charge in [0.05, 0.1) is 6.04 Å². The maximum Gasteiger partial charge on any atom is 0.258 e. The van der Waals surface area contributed by atoms with Crippen molar-refractivity contribution in [2.75, 3.05) is 6.61 Å². The van der Waals surface area contributed by atoms with Crippen LogP contribution in [0.1, 0.15) is 29.7 Å². The zero-order valence-electron chi connectivity index (χ0n) is 13.0. The molecule has 0 fully saturated rings. The van der Waals surface area contributed by atoms with E-state index in [0.717, 1.165) is 16.7 Å². The number of ether oxygens (including phenoxy) is 1. The van der Waals surface area contributed by atoms with E-state index in [1.54, 1.807) is 12.1 Å². The summed E-state index contributed by atoms with van der Waals surface area (Å²) in [7, 11) is 0. The van der Waals surface area contributed by atoms with Gasteiger partial charge in [0.25, 0.3) is 5.91 Å². The molecule has 1 atom stereocenters. The molecule has 0 bridgehead atoms. The van der Waals surface area contributed by atoms with Crippen LogP contribution in [-0.4, -0.2) is 12.5 Å². The van der Waals surface area contributed by atoms with Gasteiger partial charge in [0.15, 0.2) is 6.61 Å². The zero-order valence-corrected chi connectivity index (χ0v) is 13.0. The monoisotopic (exact) mass is 301 g/mol. The first kappa shape index (κ1) is 16.0. The predicted octanol–water partition coefficient (Wildman–Crippen LogP) is 3.70. The molecular weight excluding hydrogens is 281 g/mol. The van der Waals surface area contributed by atoms with Gasteiger partial charge in [0.2, 0.25) is 0 Å². The Labute approximate surface area is 130 Å². The Balaban J connectivity index is 1.88. The Morgan fingerprint density at radius 2 is 1.86 bits per heavy atom. The molecule has 0 spiro atoms. The summed E-state index contributed by atoms with van der Waals surface area (Å²) in [6.45, 7) is 5.76. The smallest absolute Gasteiger partial charge is 0.258 e. The highest BCUT2D eigenvalue weighted by Crippen LogP contribution is 2.18. The van der Waals surface area contributed by atoms with E-state index in [9.17, 15) is 9.18 Å². The number of hydrogen-bond donors (Lipinski definition) is 1. The van der Waals surface area contributed by atoms with Crippen LogP contribution < -0.4 is 10.1 Å². The van der Waals surface area contributed by atoms with Crippen LogP contribution in [0.15, 0.2) is 42.5 Å². The lowest BCUT2D eigenvalue weighted by molar-refractivity contribution is -0.123. The summed E-state index contributed by atoms with van der Waals surface area (Å²) in [5, 5.41) is 2.83. The third kappa shape index (κ3) is 4.32. The molecule has 0 heterocycles. The average molecular weight is 301 g/mol. The Kier molecular flexibility index (Phi) is 5.15. The van der Waals surface area contributed by atoms with E-state index in [1.807, 2.05) is 39.0 Å². The van der Waals surface area contributed by atoms with Gasteiger partial charge in [-0.3, -0.25) is 4.79 Å². The van der Waals surface area contributed by atoms with Crippen LogP contribution in [0.25, 0.3) is 0 Å². The molecule has 1 amide bonds. The second-order valence-corrected chi connectivity index (χ2v) is 5.40. The van der Waals surface area contributed by atoms with Crippen molar-refractivity contribution in [2.24, 2.45) is 0 Å². The van der Waals surface area contributed by atoms with Gasteiger partial charge in [-0.05, 0) is 50.1 Å². The van der Waals surface area contributed by atoms with E-state index >= 15 is 0 Å². The van der Waals surface area contributed by atoms with E-state index in [0.29, 0.717) is 5.75 Å². The lowest BCUT2D eigenvalue weighted by atomic mass is 10.1. The normalized spacial score (nSPS) is 11.8. The van der Waals surface area contributed by atoms with Crippen molar-refractivity contribution in [3.63, 3.8) is 0 Å². The van der Waals surface area contributed by atoms with Crippen LogP contribution in [-0.2, 0) is 4.79 Å². The topological polar surface area (TPSA) is 38.3 Å². The van der Waals surface area contributed by atoms with Crippen molar-refractivity contribution in [2.45, 2.75) is 26.8 Å². The van der Waals surface area contributed by atoms with Gasteiger partial charge < -0.3 is 10.1 Å². The molecule has 0 saturated carbocycles. The van der Waals surface area contributed by atoms with E-state index in [1.165, 1.54) is 12.1 Å². The van der Waals surface area contributed by atoms with Crippen molar-refractivity contribution >= 4 is 5.91 Å². The third-order valence-corrected chi connectivity index (χ3v) is 3.44. The molecule has 22 heavy (non-hydrogen) atoms. The van der Waals surface area contributed by atoms with Crippen LogP contribution in [0, 0.1) is 19.7 Å². The van der Waals surface area contributed by atoms with Gasteiger partial charge in [0, 0.05) is 0 Å². The standard InChI is InChI=1S/C18H20FNO2/c1-12-4-9-17(13(2)10-12)22-11-18(21)20-14(3)15-5-7-16(19)8-6-15/h4-10,14H,11H2,1-3H3,(H,20,21). The number of rotatable bonds is 5. The van der Waals surface area contributed by atoms with Crippen LogP contribution in [0.2, 0.25) is 0 Å². The molecule has 0 radical (unpaired) electrons. The maximum absolute atomic E-state index is 12.9. The number of carbonyl (C=O) groups is 1. The van der Waals surface area contributed by atoms with Crippen molar-refractivity contribution in [3.8, 4) is 5.75 Å². The van der Waals surface area contributed by atoms with E-state index in [2.05, 4.69) is 5.32 Å². The fourth-order valence-corrected chi connectivity index (χ4v) is 2.22. The molecule has 1 N–H and O–H groups in total. The highest BCUT2D eigenvalue weighted by atomic mass is 19.1. The molecule has 2 rings (SSSR count). The summed E-state index contributed by atoms with van der Waals surface area (Å²) in [6.07, 6.45) is 0. The van der Waals surface area contributed by atoms with Gasteiger partial charge in [-0.1, -0.05) is 29.8 Å². The lowest BCUT2D eigenvalue weighted by Crippen LogP contribution is -2.31. The van der Waals surface area contributed by atoms with Gasteiger partial charge >= 0.3 is 0 Å². The van der Waals surface area contributed by atoms with E-state index in [4.69, 9.17) is 4.74 Å². The largest absolute Gasteiger partial charge is 0.484 e. The zero-order chi connectivity index (χ0) is 16.1. The number of amides is 1. The molecule has 2 aromatic rings. The minimum absolute atomic E-state index is 0.0462. The second kappa shape index (κ2) is 7.07. The fraction of sp³-hybridized carbons (Fsp3) is 0.278. The Hall–Kier alpha value is -2.36. The molecule has 0 aliphatic rings. The van der Waals surface area contributed by atoms with Crippen LogP contribution in [0.5, 0.6) is 5.75 Å². The quantitative estimate of drug-likeness (QED) is 0.914. The minimum atomic E-state index is -0.291. The maximum atomic E-state index is 12.9. The highest BCUT2D eigenvalue weighted by molar-refractivity contribution is 5.78. The highest BCUT2D eigenvalue weighted by Gasteiger charge is 2.11. The molecule has 0 aliphatic heterocycles. The molecular formula is C18H20FNO2. The summed E-state index contributed by atoms with van der Waals surface area (Å²) in [5.74, 6) is 0.201. The molecule has 4 heteroatoms. The van der Waals surface area contributed by atoms with E-state index < -0.39 is 0 Å². The first-order chi connectivity index (χ1) is 10.5. The summed E-state index contributed by atoms with van der Waals surface area (Å²) >= 11 is 0. The van der Waals surface area contributed by atoms with Crippen LogP contribution in [0.3, 0.4) is 0 Å². The number of carbonyl (C=O) groups excluding carboxylic acids is 1. The van der Waals surface area contributed by atoms with Gasteiger partial charge in [-0.25, -0.2) is 4.39 Å². The van der Waals surface area contributed by atoms with Crippen molar-refractivity contribution < 1.29 is 13.9 Å².